The second-order valence-corrected chi connectivity index (χ2v) is 5.65. The average Bonchev–Trinajstić information content (AvgIpc) is 2.29. The molecule has 0 spiro atoms. The molecule has 1 aromatic heterocycles. The van der Waals surface area contributed by atoms with E-state index in [2.05, 4.69) is 47.0 Å². The number of pyridine rings is 1. The second-order valence-electron chi connectivity index (χ2n) is 4.80. The summed E-state index contributed by atoms with van der Waals surface area (Å²) in [5.41, 5.74) is -0.0118. The molecule has 0 radical (unpaired) electrons. The summed E-state index contributed by atoms with van der Waals surface area (Å²) in [5.74, 6) is 1.32. The Bertz CT molecular complexity index is 424. The predicted molar refractivity (Wildman–Crippen MR) is 75.7 cm³/mol. The van der Waals surface area contributed by atoms with E-state index >= 15 is 0 Å². The molecule has 0 saturated heterocycles. The zero-order valence-corrected chi connectivity index (χ0v) is 12.4. The molecule has 0 aliphatic heterocycles. The normalized spacial score (nSPS) is 12.5. The molecule has 0 aliphatic carbocycles. The fourth-order valence-electron chi connectivity index (χ4n) is 1.52. The van der Waals surface area contributed by atoms with Crippen LogP contribution in [0.3, 0.4) is 0 Å². The highest BCUT2D eigenvalue weighted by Gasteiger charge is 2.12. The van der Waals surface area contributed by atoms with Crippen LogP contribution in [-0.2, 0) is 0 Å². The Labute approximate surface area is 115 Å². The van der Waals surface area contributed by atoms with E-state index in [-0.39, 0.29) is 11.7 Å². The number of hydrogen-bond donors (Lipinski definition) is 1. The van der Waals surface area contributed by atoms with Gasteiger partial charge >= 0.3 is 0 Å². The van der Waals surface area contributed by atoms with Crippen LogP contribution in [-0.4, -0.2) is 15.9 Å². The third-order valence-corrected chi connectivity index (χ3v) is 3.20. The van der Waals surface area contributed by atoms with Crippen molar-refractivity contribution in [3.8, 4) is 0 Å². The topological polar surface area (TPSA) is 68.1 Å². The Morgan fingerprint density at radius 3 is 2.61 bits per heavy atom. The maximum Gasteiger partial charge on any atom is 0.288 e. The highest BCUT2D eigenvalue weighted by Crippen LogP contribution is 2.25. The molecule has 1 aromatic rings. The van der Waals surface area contributed by atoms with E-state index in [9.17, 15) is 10.1 Å². The van der Waals surface area contributed by atoms with Crippen molar-refractivity contribution < 1.29 is 4.92 Å². The SMILES string of the molecule is CC(C)CCC(C)Nc1ncc([N+](=O)[O-])cc1Br. The minimum atomic E-state index is -0.455. The molecule has 100 valence electrons. The van der Waals surface area contributed by atoms with Gasteiger partial charge in [-0.2, -0.15) is 0 Å². The molecule has 5 nitrogen and oxygen atoms in total. The van der Waals surface area contributed by atoms with Gasteiger partial charge in [-0.1, -0.05) is 13.8 Å². The fraction of sp³-hybridized carbons (Fsp3) is 0.583. The molecule has 0 aromatic carbocycles. The summed E-state index contributed by atoms with van der Waals surface area (Å²) in [5, 5.41) is 13.8. The third-order valence-electron chi connectivity index (χ3n) is 2.60. The highest BCUT2D eigenvalue weighted by molar-refractivity contribution is 9.10. The molecule has 6 heteroatoms. The van der Waals surface area contributed by atoms with Gasteiger partial charge in [0.15, 0.2) is 0 Å². The number of aromatic nitrogens is 1. The van der Waals surface area contributed by atoms with Crippen LogP contribution >= 0.6 is 15.9 Å². The molecule has 0 aliphatic rings. The Hall–Kier alpha value is -1.17. The molecule has 1 rings (SSSR count). The molecule has 0 saturated carbocycles. The number of anilines is 1. The van der Waals surface area contributed by atoms with Crippen molar-refractivity contribution in [1.82, 2.24) is 4.98 Å². The van der Waals surface area contributed by atoms with E-state index in [4.69, 9.17) is 0 Å². The molecule has 18 heavy (non-hydrogen) atoms. The highest BCUT2D eigenvalue weighted by atomic mass is 79.9. The van der Waals surface area contributed by atoms with E-state index in [0.717, 1.165) is 12.8 Å². The van der Waals surface area contributed by atoms with Crippen molar-refractivity contribution in [3.63, 3.8) is 0 Å². The van der Waals surface area contributed by atoms with E-state index in [1.54, 1.807) is 0 Å². The summed E-state index contributed by atoms with van der Waals surface area (Å²) in [6, 6.07) is 1.75. The Balaban J connectivity index is 2.64. The van der Waals surface area contributed by atoms with Gasteiger partial charge in [-0.3, -0.25) is 10.1 Å². The van der Waals surface area contributed by atoms with Gasteiger partial charge in [0, 0.05) is 12.1 Å². The lowest BCUT2D eigenvalue weighted by Crippen LogP contribution is -2.17. The number of rotatable bonds is 6. The van der Waals surface area contributed by atoms with Crippen LogP contribution in [0.15, 0.2) is 16.7 Å². The largest absolute Gasteiger partial charge is 0.367 e. The molecule has 0 fully saturated rings. The lowest BCUT2D eigenvalue weighted by atomic mass is 10.0. The first kappa shape index (κ1) is 14.9. The number of hydrogen-bond acceptors (Lipinski definition) is 4. The van der Waals surface area contributed by atoms with Crippen molar-refractivity contribution >= 4 is 27.4 Å². The molecule has 1 atom stereocenters. The molecule has 1 heterocycles. The number of nitrogens with zero attached hydrogens (tertiary/aromatic N) is 2. The maximum atomic E-state index is 10.6. The first-order chi connectivity index (χ1) is 8.40. The lowest BCUT2D eigenvalue weighted by Gasteiger charge is -2.16. The van der Waals surface area contributed by atoms with Crippen LogP contribution < -0.4 is 5.32 Å². The van der Waals surface area contributed by atoms with Gasteiger partial charge in [0.2, 0.25) is 0 Å². The van der Waals surface area contributed by atoms with Gasteiger partial charge in [0.1, 0.15) is 12.0 Å². The van der Waals surface area contributed by atoms with Gasteiger partial charge < -0.3 is 5.32 Å². The first-order valence-electron chi connectivity index (χ1n) is 5.96. The molecule has 1 unspecified atom stereocenters. The van der Waals surface area contributed by atoms with Crippen molar-refractivity contribution in [1.29, 1.82) is 0 Å². The van der Waals surface area contributed by atoms with E-state index in [1.807, 2.05) is 0 Å². The summed E-state index contributed by atoms with van der Waals surface area (Å²) in [7, 11) is 0. The lowest BCUT2D eigenvalue weighted by molar-refractivity contribution is -0.385. The van der Waals surface area contributed by atoms with E-state index in [0.29, 0.717) is 16.2 Å². The van der Waals surface area contributed by atoms with E-state index < -0.39 is 4.92 Å². The zero-order chi connectivity index (χ0) is 13.7. The van der Waals surface area contributed by atoms with E-state index in [1.165, 1.54) is 12.3 Å². The monoisotopic (exact) mass is 315 g/mol. The quantitative estimate of drug-likeness (QED) is 0.636. The Morgan fingerprint density at radius 1 is 1.44 bits per heavy atom. The number of halogens is 1. The summed E-state index contributed by atoms with van der Waals surface area (Å²) in [6.07, 6.45) is 3.45. The van der Waals surface area contributed by atoms with Crippen molar-refractivity contribution in [2.24, 2.45) is 5.92 Å². The zero-order valence-electron chi connectivity index (χ0n) is 10.8. The van der Waals surface area contributed by atoms with Gasteiger partial charge in [-0.05, 0) is 41.6 Å². The van der Waals surface area contributed by atoms with Crippen LogP contribution in [0.4, 0.5) is 11.5 Å². The third kappa shape index (κ3) is 4.60. The minimum Gasteiger partial charge on any atom is -0.367 e. The van der Waals surface area contributed by atoms with Gasteiger partial charge in [0.25, 0.3) is 5.69 Å². The second kappa shape index (κ2) is 6.68. The van der Waals surface area contributed by atoms with Gasteiger partial charge in [-0.15, -0.1) is 0 Å². The maximum absolute atomic E-state index is 10.6. The van der Waals surface area contributed by atoms with Crippen LogP contribution in [0.25, 0.3) is 0 Å². The van der Waals surface area contributed by atoms with Crippen LogP contribution in [0.1, 0.15) is 33.6 Å². The smallest absolute Gasteiger partial charge is 0.288 e. The Kier molecular flexibility index (Phi) is 5.53. The van der Waals surface area contributed by atoms with Gasteiger partial charge in [-0.25, -0.2) is 4.98 Å². The number of nitrogens with one attached hydrogen (secondary N) is 1. The molecular formula is C12H18BrN3O2. The summed E-state index contributed by atoms with van der Waals surface area (Å²) in [6.45, 7) is 6.46. The summed E-state index contributed by atoms with van der Waals surface area (Å²) >= 11 is 3.29. The van der Waals surface area contributed by atoms with Crippen LogP contribution in [0.5, 0.6) is 0 Å². The molecule has 1 N–H and O–H groups in total. The molecule has 0 amide bonds. The first-order valence-corrected chi connectivity index (χ1v) is 6.76. The van der Waals surface area contributed by atoms with Crippen molar-refractivity contribution in [3.05, 3.63) is 26.9 Å². The summed E-state index contributed by atoms with van der Waals surface area (Å²) in [4.78, 5) is 14.2. The van der Waals surface area contributed by atoms with Crippen molar-refractivity contribution in [2.45, 2.75) is 39.7 Å². The van der Waals surface area contributed by atoms with Gasteiger partial charge in [0.05, 0.1) is 9.40 Å². The van der Waals surface area contributed by atoms with Crippen molar-refractivity contribution in [2.75, 3.05) is 5.32 Å². The minimum absolute atomic E-state index is 0.0118. The fourth-order valence-corrected chi connectivity index (χ4v) is 1.97. The molecular weight excluding hydrogens is 298 g/mol. The molecule has 0 bridgehead atoms. The summed E-state index contributed by atoms with van der Waals surface area (Å²) < 4.78 is 0.619. The predicted octanol–water partition coefficient (Wildman–Crippen LogP) is 3.99. The number of nitro groups is 1. The standard InChI is InChI=1S/C12H18BrN3O2/c1-8(2)4-5-9(3)15-12-11(13)6-10(7-14-12)16(17)18/h6-9H,4-5H2,1-3H3,(H,14,15). The Morgan fingerprint density at radius 2 is 2.11 bits per heavy atom. The average molecular weight is 316 g/mol. The van der Waals surface area contributed by atoms with Crippen LogP contribution in [0, 0.1) is 16.0 Å². The van der Waals surface area contributed by atoms with Crippen LogP contribution in [0.2, 0.25) is 0 Å².